The molecule has 3 aromatic rings. The van der Waals surface area contributed by atoms with E-state index in [4.69, 9.17) is 10.7 Å². The number of hydrogen-bond donors (Lipinski definition) is 1. The highest BCUT2D eigenvalue weighted by Gasteiger charge is 2.23. The van der Waals surface area contributed by atoms with E-state index in [0.717, 1.165) is 55.1 Å². The van der Waals surface area contributed by atoms with Gasteiger partial charge in [-0.25, -0.2) is 9.37 Å². The Morgan fingerprint density at radius 3 is 2.84 bits per heavy atom. The summed E-state index contributed by atoms with van der Waals surface area (Å²) in [6, 6.07) is 10.7. The first-order valence-electron chi connectivity index (χ1n) is 8.68. The van der Waals surface area contributed by atoms with E-state index in [1.165, 1.54) is 12.1 Å². The molecule has 2 N–H and O–H groups in total. The zero-order valence-corrected chi connectivity index (χ0v) is 14.3. The average molecular weight is 339 g/mol. The van der Waals surface area contributed by atoms with Crippen LogP contribution in [0.15, 0.2) is 36.4 Å². The van der Waals surface area contributed by atoms with Crippen molar-refractivity contribution in [2.24, 2.45) is 0 Å². The molecule has 1 saturated heterocycles. The minimum Gasteiger partial charge on any atom is -0.384 e. The summed E-state index contributed by atoms with van der Waals surface area (Å²) in [7, 11) is 0. The fourth-order valence-corrected chi connectivity index (χ4v) is 3.63. The molecular formula is C19H22FN5. The molecule has 4 rings (SSSR count). The maximum Gasteiger partial charge on any atom is 0.157 e. The van der Waals surface area contributed by atoms with Crippen molar-refractivity contribution in [2.45, 2.75) is 32.2 Å². The molecule has 5 nitrogen and oxygen atoms in total. The van der Waals surface area contributed by atoms with Gasteiger partial charge in [0.25, 0.3) is 0 Å². The zero-order chi connectivity index (χ0) is 17.4. The van der Waals surface area contributed by atoms with E-state index in [0.29, 0.717) is 11.7 Å². The third-order valence-electron chi connectivity index (χ3n) is 4.84. The Kier molecular flexibility index (Phi) is 4.13. The van der Waals surface area contributed by atoms with Crippen molar-refractivity contribution in [1.82, 2.24) is 19.5 Å². The second-order valence-corrected chi connectivity index (χ2v) is 6.86. The molecule has 0 bridgehead atoms. The van der Waals surface area contributed by atoms with Crippen molar-refractivity contribution in [1.29, 1.82) is 0 Å². The molecule has 0 aliphatic carbocycles. The van der Waals surface area contributed by atoms with Gasteiger partial charge in [-0.05, 0) is 44.0 Å². The highest BCUT2D eigenvalue weighted by molar-refractivity contribution is 5.48. The molecule has 1 aliphatic rings. The number of halogens is 1. The topological polar surface area (TPSA) is 59.5 Å². The number of anilines is 1. The van der Waals surface area contributed by atoms with E-state index in [1.807, 2.05) is 31.2 Å². The SMILES string of the molecule is Cc1cc2nc(C3CCCN(Cc4ccc(F)cc4)C3)cc(N)n2n1. The van der Waals surface area contributed by atoms with E-state index < -0.39 is 0 Å². The molecule has 0 spiro atoms. The number of nitrogens with two attached hydrogens (primary N) is 1. The van der Waals surface area contributed by atoms with E-state index in [1.54, 1.807) is 4.52 Å². The summed E-state index contributed by atoms with van der Waals surface area (Å²) >= 11 is 0. The quantitative estimate of drug-likeness (QED) is 0.796. The first-order chi connectivity index (χ1) is 12.1. The Bertz CT molecular complexity index is 887. The molecule has 0 saturated carbocycles. The number of aromatic nitrogens is 3. The van der Waals surface area contributed by atoms with Crippen LogP contribution in [0.1, 0.15) is 35.7 Å². The van der Waals surface area contributed by atoms with Crippen LogP contribution in [0.5, 0.6) is 0 Å². The monoisotopic (exact) mass is 339 g/mol. The Labute approximate surface area is 146 Å². The number of likely N-dealkylation sites (tertiary alicyclic amines) is 1. The van der Waals surface area contributed by atoms with Crippen molar-refractivity contribution in [3.05, 3.63) is 59.2 Å². The fraction of sp³-hybridized carbons (Fsp3) is 0.368. The van der Waals surface area contributed by atoms with Crippen molar-refractivity contribution in [3.63, 3.8) is 0 Å². The standard InChI is InChI=1S/C19H22FN5/c1-13-9-19-22-17(10-18(21)25(19)23-13)15-3-2-8-24(12-15)11-14-4-6-16(20)7-5-14/h4-7,9-10,15H,2-3,8,11-12,21H2,1H3. The Hall–Kier alpha value is -2.47. The molecule has 1 aliphatic heterocycles. The van der Waals surface area contributed by atoms with Crippen molar-refractivity contribution < 1.29 is 4.39 Å². The molecule has 1 unspecified atom stereocenters. The van der Waals surface area contributed by atoms with Gasteiger partial charge in [0.05, 0.1) is 11.4 Å². The van der Waals surface area contributed by atoms with Crippen LogP contribution >= 0.6 is 0 Å². The number of fused-ring (bicyclic) bond motifs is 1. The predicted molar refractivity (Wildman–Crippen MR) is 95.8 cm³/mol. The Balaban J connectivity index is 1.53. The number of piperidine rings is 1. The van der Waals surface area contributed by atoms with Gasteiger partial charge in [0.2, 0.25) is 0 Å². The first-order valence-corrected chi connectivity index (χ1v) is 8.68. The summed E-state index contributed by atoms with van der Waals surface area (Å²) in [5.74, 6) is 0.796. The van der Waals surface area contributed by atoms with Gasteiger partial charge in [0.1, 0.15) is 11.6 Å². The van der Waals surface area contributed by atoms with Crippen LogP contribution in [-0.2, 0) is 6.54 Å². The molecule has 1 aromatic carbocycles. The number of nitrogen functional groups attached to an aromatic ring is 1. The number of benzene rings is 1. The first kappa shape index (κ1) is 16.0. The van der Waals surface area contributed by atoms with Crippen molar-refractivity contribution in [3.8, 4) is 0 Å². The van der Waals surface area contributed by atoms with Gasteiger partial charge in [-0.3, -0.25) is 4.90 Å². The minimum atomic E-state index is -0.190. The summed E-state index contributed by atoms with van der Waals surface area (Å²) in [6.45, 7) is 4.77. The van der Waals surface area contributed by atoms with E-state index in [9.17, 15) is 4.39 Å². The lowest BCUT2D eigenvalue weighted by Gasteiger charge is -2.32. The molecule has 0 radical (unpaired) electrons. The van der Waals surface area contributed by atoms with Gasteiger partial charge in [0.15, 0.2) is 5.65 Å². The minimum absolute atomic E-state index is 0.190. The molecule has 2 aromatic heterocycles. The average Bonchev–Trinajstić information content (AvgIpc) is 2.98. The second-order valence-electron chi connectivity index (χ2n) is 6.86. The van der Waals surface area contributed by atoms with Gasteiger partial charge in [-0.1, -0.05) is 12.1 Å². The van der Waals surface area contributed by atoms with Crippen LogP contribution in [0.2, 0.25) is 0 Å². The molecule has 25 heavy (non-hydrogen) atoms. The lowest BCUT2D eigenvalue weighted by atomic mass is 9.94. The van der Waals surface area contributed by atoms with Crippen LogP contribution in [0.25, 0.3) is 5.65 Å². The number of nitrogens with zero attached hydrogens (tertiary/aromatic N) is 4. The smallest absolute Gasteiger partial charge is 0.157 e. The predicted octanol–water partition coefficient (Wildman–Crippen LogP) is 3.14. The van der Waals surface area contributed by atoms with Crippen LogP contribution < -0.4 is 5.73 Å². The lowest BCUT2D eigenvalue weighted by Crippen LogP contribution is -2.34. The van der Waals surface area contributed by atoms with Gasteiger partial charge >= 0.3 is 0 Å². The van der Waals surface area contributed by atoms with E-state index in [-0.39, 0.29) is 5.82 Å². The van der Waals surface area contributed by atoms with Crippen molar-refractivity contribution in [2.75, 3.05) is 18.8 Å². The molecule has 0 amide bonds. The highest BCUT2D eigenvalue weighted by atomic mass is 19.1. The van der Waals surface area contributed by atoms with Gasteiger partial charge in [0, 0.05) is 31.1 Å². The molecular weight excluding hydrogens is 317 g/mol. The van der Waals surface area contributed by atoms with Crippen LogP contribution in [0.3, 0.4) is 0 Å². The molecule has 3 heterocycles. The Morgan fingerprint density at radius 1 is 1.24 bits per heavy atom. The maximum absolute atomic E-state index is 13.1. The van der Waals surface area contributed by atoms with Crippen LogP contribution in [0.4, 0.5) is 10.2 Å². The number of aryl methyl sites for hydroxylation is 1. The van der Waals surface area contributed by atoms with Gasteiger partial charge in [-0.15, -0.1) is 0 Å². The summed E-state index contributed by atoms with van der Waals surface area (Å²) in [6.07, 6.45) is 2.23. The summed E-state index contributed by atoms with van der Waals surface area (Å²) < 4.78 is 14.8. The van der Waals surface area contributed by atoms with E-state index >= 15 is 0 Å². The zero-order valence-electron chi connectivity index (χ0n) is 14.3. The fourth-order valence-electron chi connectivity index (χ4n) is 3.63. The summed E-state index contributed by atoms with van der Waals surface area (Å²) in [4.78, 5) is 7.19. The number of hydrogen-bond acceptors (Lipinski definition) is 4. The molecule has 130 valence electrons. The third kappa shape index (κ3) is 3.35. The summed E-state index contributed by atoms with van der Waals surface area (Å²) in [5, 5.41) is 4.36. The maximum atomic E-state index is 13.1. The number of rotatable bonds is 3. The molecule has 6 heteroatoms. The van der Waals surface area contributed by atoms with Gasteiger partial charge in [-0.2, -0.15) is 9.61 Å². The molecule has 1 atom stereocenters. The van der Waals surface area contributed by atoms with E-state index in [2.05, 4.69) is 10.00 Å². The highest BCUT2D eigenvalue weighted by Crippen LogP contribution is 2.28. The lowest BCUT2D eigenvalue weighted by molar-refractivity contribution is 0.198. The van der Waals surface area contributed by atoms with Crippen molar-refractivity contribution >= 4 is 11.5 Å². The van der Waals surface area contributed by atoms with Crippen LogP contribution in [-0.4, -0.2) is 32.6 Å². The second kappa shape index (κ2) is 6.44. The largest absolute Gasteiger partial charge is 0.384 e. The Morgan fingerprint density at radius 2 is 2.04 bits per heavy atom. The third-order valence-corrected chi connectivity index (χ3v) is 4.84. The summed E-state index contributed by atoms with van der Waals surface area (Å²) in [5.41, 5.74) is 10.1. The normalized spacial score (nSPS) is 18.7. The van der Waals surface area contributed by atoms with Gasteiger partial charge < -0.3 is 5.73 Å². The molecule has 1 fully saturated rings. The van der Waals surface area contributed by atoms with Crippen LogP contribution in [0, 0.1) is 12.7 Å².